The summed E-state index contributed by atoms with van der Waals surface area (Å²) in [5, 5.41) is 14.6. The lowest BCUT2D eigenvalue weighted by atomic mass is 9.94. The molecule has 0 aliphatic carbocycles. The first-order valence-electron chi connectivity index (χ1n) is 13.2. The van der Waals surface area contributed by atoms with Crippen molar-refractivity contribution in [3.05, 3.63) is 100 Å². The number of amidine groups is 1. The van der Waals surface area contributed by atoms with Crippen LogP contribution in [0.4, 0.5) is 0 Å². The second-order valence-electron chi connectivity index (χ2n) is 9.94. The number of hydrogen-bond acceptors (Lipinski definition) is 7. The summed E-state index contributed by atoms with van der Waals surface area (Å²) in [4.78, 5) is 4.87. The number of hydrazine groups is 1. The molecule has 6 N–H and O–H groups in total. The van der Waals surface area contributed by atoms with Crippen molar-refractivity contribution >= 4 is 39.1 Å². The van der Waals surface area contributed by atoms with Gasteiger partial charge in [0.25, 0.3) is 10.0 Å². The summed E-state index contributed by atoms with van der Waals surface area (Å²) in [6.07, 6.45) is 2.85. The first kappa shape index (κ1) is 30.7. The van der Waals surface area contributed by atoms with Crippen LogP contribution in [0.3, 0.4) is 0 Å². The number of hydrogen-bond donors (Lipinski definition) is 4. The first-order chi connectivity index (χ1) is 19.6. The van der Waals surface area contributed by atoms with E-state index in [9.17, 15) is 8.42 Å². The normalized spacial score (nSPS) is 14.7. The molecule has 0 aromatic heterocycles. The Balaban J connectivity index is 1.63. The quantitative estimate of drug-likeness (QED) is 0.103. The Morgan fingerprint density at radius 2 is 1.83 bits per heavy atom. The molecule has 41 heavy (non-hydrogen) atoms. The zero-order chi connectivity index (χ0) is 29.6. The monoisotopic (exact) mass is 616 g/mol. The summed E-state index contributed by atoms with van der Waals surface area (Å²) in [7, 11) is -4.05. The molecule has 9 nitrogen and oxygen atoms in total. The summed E-state index contributed by atoms with van der Waals surface area (Å²) in [5.74, 6) is 1.01. The highest BCUT2D eigenvalue weighted by Gasteiger charge is 2.26. The predicted octanol–water partition coefficient (Wildman–Crippen LogP) is 4.98. The fraction of sp³-hybridized carbons (Fsp3) is 0.276. The minimum absolute atomic E-state index is 0.0440. The standard InChI is InChI=1S/C29H34Cl2N6O3S/c1-20(36-14-11-21(10-13-32)12-15-36)37(19-22-4-2-6-24(16-22)29(33)34-38)35-41(39,40)26-7-3-5-23(17-26)27-9-8-25(30)18-28(27)31/h2-9,16-18,21,35,38H,1,10-15,19,32H2,(H2,33,34). The number of piperidine rings is 1. The highest BCUT2D eigenvalue weighted by molar-refractivity contribution is 7.89. The Bertz CT molecular complexity index is 1520. The van der Waals surface area contributed by atoms with E-state index < -0.39 is 10.0 Å². The van der Waals surface area contributed by atoms with Gasteiger partial charge < -0.3 is 21.6 Å². The maximum Gasteiger partial charge on any atom is 0.257 e. The molecule has 1 fully saturated rings. The van der Waals surface area contributed by atoms with Crippen molar-refractivity contribution in [2.24, 2.45) is 22.5 Å². The summed E-state index contributed by atoms with van der Waals surface area (Å²) < 4.78 is 27.5. The van der Waals surface area contributed by atoms with Gasteiger partial charge in [-0.2, -0.15) is 0 Å². The number of nitrogens with zero attached hydrogens (tertiary/aromatic N) is 3. The van der Waals surface area contributed by atoms with Crippen LogP contribution in [-0.4, -0.2) is 49.0 Å². The number of oxime groups is 1. The van der Waals surface area contributed by atoms with Crippen molar-refractivity contribution in [3.8, 4) is 11.1 Å². The van der Waals surface area contributed by atoms with Crippen molar-refractivity contribution in [2.45, 2.75) is 30.7 Å². The van der Waals surface area contributed by atoms with Gasteiger partial charge >= 0.3 is 0 Å². The predicted molar refractivity (Wildman–Crippen MR) is 164 cm³/mol. The molecule has 1 aliphatic heterocycles. The maximum absolute atomic E-state index is 13.7. The average molecular weight is 618 g/mol. The van der Waals surface area contributed by atoms with Crippen molar-refractivity contribution in [1.82, 2.24) is 14.7 Å². The van der Waals surface area contributed by atoms with Gasteiger partial charge in [-0.25, -0.2) is 8.42 Å². The van der Waals surface area contributed by atoms with Crippen LogP contribution in [0, 0.1) is 5.92 Å². The van der Waals surface area contributed by atoms with E-state index in [2.05, 4.69) is 21.5 Å². The number of benzene rings is 3. The van der Waals surface area contributed by atoms with Crippen molar-refractivity contribution < 1.29 is 13.6 Å². The Morgan fingerprint density at radius 1 is 1.10 bits per heavy atom. The van der Waals surface area contributed by atoms with E-state index in [4.69, 9.17) is 39.9 Å². The SMILES string of the molecule is C=C(N1CCC(CCN)CC1)N(Cc1cccc(/C(N)=N\O)c1)NS(=O)(=O)c1cccc(-c2ccc(Cl)cc2Cl)c1. The molecule has 1 aliphatic rings. The minimum atomic E-state index is -4.05. The van der Waals surface area contributed by atoms with E-state index in [-0.39, 0.29) is 17.3 Å². The van der Waals surface area contributed by atoms with Crippen LogP contribution in [0.1, 0.15) is 30.4 Å². The molecule has 12 heteroatoms. The lowest BCUT2D eigenvalue weighted by Crippen LogP contribution is -2.47. The molecule has 1 heterocycles. The summed E-state index contributed by atoms with van der Waals surface area (Å²) in [6.45, 7) is 6.53. The lowest BCUT2D eigenvalue weighted by molar-refractivity contribution is 0.141. The molecule has 0 amide bonds. The van der Waals surface area contributed by atoms with Crippen molar-refractivity contribution in [1.29, 1.82) is 0 Å². The third kappa shape index (κ3) is 7.72. The van der Waals surface area contributed by atoms with Crippen LogP contribution >= 0.6 is 23.2 Å². The Hall–Kier alpha value is -3.28. The second kappa shape index (κ2) is 13.6. The highest BCUT2D eigenvalue weighted by atomic mass is 35.5. The number of nitrogens with two attached hydrogens (primary N) is 2. The van der Waals surface area contributed by atoms with Crippen LogP contribution in [-0.2, 0) is 16.6 Å². The lowest BCUT2D eigenvalue weighted by Gasteiger charge is -2.39. The van der Waals surface area contributed by atoms with Crippen LogP contribution < -0.4 is 16.3 Å². The Labute approximate surface area is 251 Å². The number of sulfonamides is 1. The van der Waals surface area contributed by atoms with E-state index >= 15 is 0 Å². The van der Waals surface area contributed by atoms with Gasteiger partial charge in [-0.05, 0) is 73.2 Å². The van der Waals surface area contributed by atoms with E-state index in [0.717, 1.165) is 37.9 Å². The summed E-state index contributed by atoms with van der Waals surface area (Å²) >= 11 is 12.4. The molecule has 218 valence electrons. The fourth-order valence-corrected chi connectivity index (χ4v) is 6.51. The summed E-state index contributed by atoms with van der Waals surface area (Å²) in [5.41, 5.74) is 14.1. The van der Waals surface area contributed by atoms with Gasteiger partial charge in [0.1, 0.15) is 5.82 Å². The zero-order valence-electron chi connectivity index (χ0n) is 22.5. The fourth-order valence-electron chi connectivity index (χ4n) is 4.88. The molecule has 0 saturated carbocycles. The summed E-state index contributed by atoms with van der Waals surface area (Å²) in [6, 6.07) is 18.6. The Morgan fingerprint density at radius 3 is 2.51 bits per heavy atom. The van der Waals surface area contributed by atoms with Gasteiger partial charge in [0.05, 0.1) is 11.4 Å². The third-order valence-electron chi connectivity index (χ3n) is 7.15. The molecular formula is C29H34Cl2N6O3S. The van der Waals surface area contributed by atoms with Crippen molar-refractivity contribution in [2.75, 3.05) is 19.6 Å². The molecule has 0 atom stereocenters. The maximum atomic E-state index is 13.7. The smallest absolute Gasteiger partial charge is 0.257 e. The number of nitrogens with one attached hydrogen (secondary N) is 1. The van der Waals surface area contributed by atoms with Gasteiger partial charge in [0.2, 0.25) is 0 Å². The largest absolute Gasteiger partial charge is 0.409 e. The van der Waals surface area contributed by atoms with Gasteiger partial charge in [-0.15, -0.1) is 4.83 Å². The van der Waals surface area contributed by atoms with E-state index in [1.807, 2.05) is 6.07 Å². The van der Waals surface area contributed by atoms with Crippen molar-refractivity contribution in [3.63, 3.8) is 0 Å². The molecule has 4 rings (SSSR count). The van der Waals surface area contributed by atoms with Crippen LogP contribution in [0.15, 0.2) is 89.2 Å². The Kier molecular flexibility index (Phi) is 10.2. The van der Waals surface area contributed by atoms with Gasteiger partial charge in [-0.1, -0.05) is 71.3 Å². The highest BCUT2D eigenvalue weighted by Crippen LogP contribution is 2.32. The van der Waals surface area contributed by atoms with E-state index in [1.54, 1.807) is 54.6 Å². The molecule has 1 saturated heterocycles. The van der Waals surface area contributed by atoms with Crippen LogP contribution in [0.5, 0.6) is 0 Å². The third-order valence-corrected chi connectivity index (χ3v) is 9.04. The molecular weight excluding hydrogens is 583 g/mol. The number of likely N-dealkylation sites (tertiary alicyclic amines) is 1. The molecule has 0 spiro atoms. The van der Waals surface area contributed by atoms with Gasteiger partial charge in [0.15, 0.2) is 5.84 Å². The second-order valence-corrected chi connectivity index (χ2v) is 12.4. The zero-order valence-corrected chi connectivity index (χ0v) is 24.8. The molecule has 0 unspecified atom stereocenters. The number of halogens is 2. The first-order valence-corrected chi connectivity index (χ1v) is 15.4. The number of rotatable bonds is 11. The van der Waals surface area contributed by atoms with E-state index in [0.29, 0.717) is 45.0 Å². The van der Waals surface area contributed by atoms with Gasteiger partial charge in [-0.3, -0.25) is 5.01 Å². The molecule has 3 aromatic rings. The molecule has 0 bridgehead atoms. The average Bonchev–Trinajstić information content (AvgIpc) is 2.97. The van der Waals surface area contributed by atoms with Gasteiger partial charge in [0, 0.05) is 34.3 Å². The van der Waals surface area contributed by atoms with Crippen LogP contribution in [0.2, 0.25) is 10.0 Å². The molecule has 3 aromatic carbocycles. The van der Waals surface area contributed by atoms with E-state index in [1.165, 1.54) is 11.1 Å². The minimum Gasteiger partial charge on any atom is -0.409 e. The van der Waals surface area contributed by atoms with Crippen LogP contribution in [0.25, 0.3) is 11.1 Å². The molecule has 0 radical (unpaired) electrons. The topological polar surface area (TPSA) is 137 Å².